The highest BCUT2D eigenvalue weighted by Crippen LogP contribution is 2.31. The maximum absolute atomic E-state index is 12.0. The maximum atomic E-state index is 12.0. The number of carbonyl (C=O) groups is 1. The standard InChI is InChI=1S/C19H29N5O.HI/c1-3-20-19(22-13-15-7-6-10-24(15)2)21-12-14-11-18(25)23-17-9-5-4-8-16(14)17;/h4-5,8-9,14-15H,3,6-7,10-13H2,1-2H3,(H,23,25)(H2,20,21,22);1H. The van der Waals surface area contributed by atoms with E-state index in [-0.39, 0.29) is 35.8 Å². The zero-order valence-electron chi connectivity index (χ0n) is 15.6. The van der Waals surface area contributed by atoms with Crippen molar-refractivity contribution in [2.75, 3.05) is 38.5 Å². The third kappa shape index (κ3) is 5.33. The molecule has 3 N–H and O–H groups in total. The van der Waals surface area contributed by atoms with Crippen molar-refractivity contribution < 1.29 is 4.79 Å². The van der Waals surface area contributed by atoms with E-state index in [2.05, 4.69) is 40.9 Å². The van der Waals surface area contributed by atoms with Gasteiger partial charge in [0.2, 0.25) is 5.91 Å². The van der Waals surface area contributed by atoms with E-state index in [9.17, 15) is 4.79 Å². The summed E-state index contributed by atoms with van der Waals surface area (Å²) in [6, 6.07) is 8.58. The Hall–Kier alpha value is -1.35. The summed E-state index contributed by atoms with van der Waals surface area (Å²) in [5.74, 6) is 1.09. The smallest absolute Gasteiger partial charge is 0.225 e. The number of likely N-dealkylation sites (N-methyl/N-ethyl adjacent to an activating group) is 1. The van der Waals surface area contributed by atoms with E-state index < -0.39 is 0 Å². The first kappa shape index (κ1) is 21.0. The molecule has 2 aliphatic rings. The lowest BCUT2D eigenvalue weighted by Crippen LogP contribution is -2.41. The summed E-state index contributed by atoms with van der Waals surface area (Å²) >= 11 is 0. The molecule has 0 spiro atoms. The van der Waals surface area contributed by atoms with Crippen LogP contribution in [0.2, 0.25) is 0 Å². The molecule has 0 aliphatic carbocycles. The number of aliphatic imine (C=N–C) groups is 1. The molecule has 1 saturated heterocycles. The first-order chi connectivity index (χ1) is 12.2. The van der Waals surface area contributed by atoms with Gasteiger partial charge in [-0.05, 0) is 45.0 Å². The fraction of sp³-hybridized carbons (Fsp3) is 0.579. The first-order valence-corrected chi connectivity index (χ1v) is 9.28. The lowest BCUT2D eigenvalue weighted by molar-refractivity contribution is -0.116. The Labute approximate surface area is 173 Å². The first-order valence-electron chi connectivity index (χ1n) is 9.28. The van der Waals surface area contributed by atoms with Crippen molar-refractivity contribution in [3.05, 3.63) is 29.8 Å². The van der Waals surface area contributed by atoms with E-state index in [4.69, 9.17) is 4.99 Å². The summed E-state index contributed by atoms with van der Waals surface area (Å²) in [5, 5.41) is 9.70. The second-order valence-electron chi connectivity index (χ2n) is 6.91. The Morgan fingerprint density at radius 1 is 1.35 bits per heavy atom. The summed E-state index contributed by atoms with van der Waals surface area (Å²) < 4.78 is 0. The van der Waals surface area contributed by atoms with Crippen molar-refractivity contribution in [1.82, 2.24) is 15.5 Å². The number of anilines is 1. The topological polar surface area (TPSA) is 68.8 Å². The summed E-state index contributed by atoms with van der Waals surface area (Å²) in [6.45, 7) is 5.58. The largest absolute Gasteiger partial charge is 0.357 e. The summed E-state index contributed by atoms with van der Waals surface area (Å²) in [4.78, 5) is 19.1. The van der Waals surface area contributed by atoms with Crippen LogP contribution in [-0.2, 0) is 4.79 Å². The molecule has 6 nitrogen and oxygen atoms in total. The number of rotatable bonds is 5. The van der Waals surface area contributed by atoms with Crippen LogP contribution in [0.3, 0.4) is 0 Å². The molecule has 1 amide bonds. The Bertz CT molecular complexity index is 636. The Kier molecular flexibility index (Phi) is 8.15. The van der Waals surface area contributed by atoms with E-state index in [1.165, 1.54) is 18.4 Å². The third-order valence-corrected chi connectivity index (χ3v) is 5.10. The van der Waals surface area contributed by atoms with Gasteiger partial charge >= 0.3 is 0 Å². The van der Waals surface area contributed by atoms with Crippen LogP contribution in [0.15, 0.2) is 29.3 Å². The van der Waals surface area contributed by atoms with Gasteiger partial charge in [0.1, 0.15) is 0 Å². The molecular formula is C19H30IN5O. The highest BCUT2D eigenvalue weighted by atomic mass is 127. The number of amides is 1. The van der Waals surface area contributed by atoms with E-state index in [0.29, 0.717) is 19.0 Å². The normalized spacial score (nSPS) is 23.0. The molecule has 0 saturated carbocycles. The average Bonchev–Trinajstić information content (AvgIpc) is 3.02. The van der Waals surface area contributed by atoms with Gasteiger partial charge in [-0.1, -0.05) is 18.2 Å². The van der Waals surface area contributed by atoms with Crippen LogP contribution in [0, 0.1) is 0 Å². The molecule has 0 radical (unpaired) electrons. The number of likely N-dealkylation sites (tertiary alicyclic amines) is 1. The van der Waals surface area contributed by atoms with Gasteiger partial charge in [-0.25, -0.2) is 0 Å². The van der Waals surface area contributed by atoms with Crippen LogP contribution < -0.4 is 16.0 Å². The molecule has 26 heavy (non-hydrogen) atoms. The fourth-order valence-corrected chi connectivity index (χ4v) is 3.65. The molecule has 144 valence electrons. The number of para-hydroxylation sites is 1. The molecule has 2 unspecified atom stereocenters. The quantitative estimate of drug-likeness (QED) is 0.351. The second kappa shape index (κ2) is 10.1. The predicted octanol–water partition coefficient (Wildman–Crippen LogP) is 2.38. The number of carbonyl (C=O) groups excluding carboxylic acids is 1. The Morgan fingerprint density at radius 2 is 2.15 bits per heavy atom. The lowest BCUT2D eigenvalue weighted by Gasteiger charge is -2.26. The molecular weight excluding hydrogens is 441 g/mol. The minimum atomic E-state index is 0. The number of fused-ring (bicyclic) bond motifs is 1. The van der Waals surface area contributed by atoms with Crippen LogP contribution in [0.25, 0.3) is 0 Å². The summed E-state index contributed by atoms with van der Waals surface area (Å²) in [5.41, 5.74) is 2.13. The van der Waals surface area contributed by atoms with Gasteiger partial charge in [-0.2, -0.15) is 0 Å². The molecule has 1 aromatic rings. The van der Waals surface area contributed by atoms with Crippen LogP contribution in [0.5, 0.6) is 0 Å². The molecule has 0 aromatic heterocycles. The zero-order valence-corrected chi connectivity index (χ0v) is 18.0. The third-order valence-electron chi connectivity index (χ3n) is 5.10. The van der Waals surface area contributed by atoms with E-state index in [0.717, 1.165) is 31.3 Å². The zero-order chi connectivity index (χ0) is 17.6. The van der Waals surface area contributed by atoms with Crippen molar-refractivity contribution in [2.45, 2.75) is 38.1 Å². The Balaban J connectivity index is 0.00000243. The molecule has 2 heterocycles. The van der Waals surface area contributed by atoms with Gasteiger partial charge in [0.25, 0.3) is 0 Å². The number of nitrogens with zero attached hydrogens (tertiary/aromatic N) is 2. The molecule has 2 aliphatic heterocycles. The van der Waals surface area contributed by atoms with Crippen molar-refractivity contribution in [1.29, 1.82) is 0 Å². The molecule has 1 fully saturated rings. The molecule has 1 aromatic carbocycles. The minimum absolute atomic E-state index is 0. The van der Waals surface area contributed by atoms with Gasteiger partial charge in [-0.3, -0.25) is 9.79 Å². The monoisotopic (exact) mass is 471 g/mol. The average molecular weight is 471 g/mol. The molecule has 7 heteroatoms. The molecule has 0 bridgehead atoms. The summed E-state index contributed by atoms with van der Waals surface area (Å²) in [7, 11) is 2.17. The SMILES string of the molecule is CCNC(=NCC1CCCN1C)NCC1CC(=O)Nc2ccccc21.I. The highest BCUT2D eigenvalue weighted by molar-refractivity contribution is 14.0. The number of benzene rings is 1. The highest BCUT2D eigenvalue weighted by Gasteiger charge is 2.25. The molecule has 2 atom stereocenters. The number of hydrogen-bond donors (Lipinski definition) is 3. The molecule has 3 rings (SSSR count). The van der Waals surface area contributed by atoms with Crippen LogP contribution in [0.1, 0.15) is 37.7 Å². The van der Waals surface area contributed by atoms with E-state index in [1.54, 1.807) is 0 Å². The number of halogens is 1. The van der Waals surface area contributed by atoms with Gasteiger partial charge in [0.15, 0.2) is 5.96 Å². The number of guanidine groups is 1. The maximum Gasteiger partial charge on any atom is 0.225 e. The van der Waals surface area contributed by atoms with Gasteiger partial charge in [-0.15, -0.1) is 24.0 Å². The van der Waals surface area contributed by atoms with Crippen molar-refractivity contribution in [2.24, 2.45) is 4.99 Å². The van der Waals surface area contributed by atoms with E-state index >= 15 is 0 Å². The van der Waals surface area contributed by atoms with Crippen LogP contribution in [-0.4, -0.2) is 56.0 Å². The fourth-order valence-electron chi connectivity index (χ4n) is 3.65. The minimum Gasteiger partial charge on any atom is -0.357 e. The van der Waals surface area contributed by atoms with Crippen molar-refractivity contribution in [3.8, 4) is 0 Å². The summed E-state index contributed by atoms with van der Waals surface area (Å²) in [6.07, 6.45) is 2.99. The number of hydrogen-bond acceptors (Lipinski definition) is 3. The van der Waals surface area contributed by atoms with Crippen molar-refractivity contribution in [3.63, 3.8) is 0 Å². The second-order valence-corrected chi connectivity index (χ2v) is 6.91. The Morgan fingerprint density at radius 3 is 2.88 bits per heavy atom. The van der Waals surface area contributed by atoms with Crippen molar-refractivity contribution >= 4 is 41.5 Å². The van der Waals surface area contributed by atoms with E-state index in [1.807, 2.05) is 18.2 Å². The predicted molar refractivity (Wildman–Crippen MR) is 117 cm³/mol. The van der Waals surface area contributed by atoms with Crippen LogP contribution >= 0.6 is 24.0 Å². The van der Waals surface area contributed by atoms with Gasteiger partial charge in [0.05, 0.1) is 6.54 Å². The lowest BCUT2D eigenvalue weighted by atomic mass is 9.90. The van der Waals surface area contributed by atoms with Gasteiger partial charge in [0, 0.05) is 37.2 Å². The van der Waals surface area contributed by atoms with Crippen LogP contribution in [0.4, 0.5) is 5.69 Å². The number of nitrogens with one attached hydrogen (secondary N) is 3. The van der Waals surface area contributed by atoms with Gasteiger partial charge < -0.3 is 20.9 Å².